The molecule has 0 saturated carbocycles. The van der Waals surface area contributed by atoms with E-state index in [1.165, 1.54) is 25.2 Å². The highest BCUT2D eigenvalue weighted by Gasteiger charge is 2.40. The maximum absolute atomic E-state index is 13.7. The fourth-order valence-electron chi connectivity index (χ4n) is 4.16. The van der Waals surface area contributed by atoms with Gasteiger partial charge in [-0.3, -0.25) is 9.59 Å². The first-order valence-corrected chi connectivity index (χ1v) is 12.5. The second-order valence-corrected chi connectivity index (χ2v) is 10.3. The molecule has 182 valence electrons. The number of hydrogen-bond donors (Lipinski definition) is 1. The molecule has 1 N–H and O–H groups in total. The molecule has 35 heavy (non-hydrogen) atoms. The van der Waals surface area contributed by atoms with E-state index < -0.39 is 26.9 Å². The summed E-state index contributed by atoms with van der Waals surface area (Å²) in [5, 5.41) is 1.66. The van der Waals surface area contributed by atoms with Crippen molar-refractivity contribution in [3.8, 4) is 11.5 Å². The maximum Gasteiger partial charge on any atom is 0.244 e. The molecule has 1 atom stereocenters. The molecule has 0 fully saturated rings. The number of carbonyl (C=O) groups excluding carboxylic acids is 2. The van der Waals surface area contributed by atoms with Gasteiger partial charge in [0.15, 0.2) is 21.3 Å². The molecular weight excluding hydrogens is 468 g/mol. The number of nitrogens with zero attached hydrogens (tertiary/aromatic N) is 1. The van der Waals surface area contributed by atoms with Crippen molar-refractivity contribution in [1.82, 2.24) is 0 Å². The maximum atomic E-state index is 13.7. The molecule has 0 bridgehead atoms. The smallest absolute Gasteiger partial charge is 0.244 e. The summed E-state index contributed by atoms with van der Waals surface area (Å²) in [6, 6.07) is 18.3. The molecular formula is C26H26N2O6S. The van der Waals surface area contributed by atoms with E-state index in [0.29, 0.717) is 22.7 Å². The lowest BCUT2D eigenvalue weighted by atomic mass is 10.1. The molecule has 1 heterocycles. The van der Waals surface area contributed by atoms with Crippen LogP contribution < -0.4 is 19.7 Å². The zero-order valence-corrected chi connectivity index (χ0v) is 20.5. The first kappa shape index (κ1) is 24.3. The Bertz CT molecular complexity index is 1390. The van der Waals surface area contributed by atoms with Crippen molar-refractivity contribution in [1.29, 1.82) is 0 Å². The second kappa shape index (κ2) is 9.79. The van der Waals surface area contributed by atoms with Gasteiger partial charge < -0.3 is 19.7 Å². The van der Waals surface area contributed by atoms with Crippen LogP contribution in [-0.4, -0.2) is 41.0 Å². The largest absolute Gasteiger partial charge is 0.493 e. The molecule has 1 aliphatic rings. The van der Waals surface area contributed by atoms with Crippen LogP contribution in [0, 0.1) is 6.92 Å². The van der Waals surface area contributed by atoms with E-state index >= 15 is 0 Å². The summed E-state index contributed by atoms with van der Waals surface area (Å²) in [7, 11) is -1.03. The Labute approximate surface area is 204 Å². The minimum Gasteiger partial charge on any atom is -0.493 e. The highest BCUT2D eigenvalue weighted by molar-refractivity contribution is 7.92. The quantitative estimate of drug-likeness (QED) is 0.558. The first-order valence-electron chi connectivity index (χ1n) is 11.0. The predicted octanol–water partition coefficient (Wildman–Crippen LogP) is 3.90. The number of carbonyl (C=O) groups is 2. The summed E-state index contributed by atoms with van der Waals surface area (Å²) in [6.45, 7) is 1.54. The summed E-state index contributed by atoms with van der Waals surface area (Å²) in [6.07, 6.45) is -0.329. The molecule has 0 aliphatic carbocycles. The van der Waals surface area contributed by atoms with E-state index in [4.69, 9.17) is 9.47 Å². The number of anilines is 2. The van der Waals surface area contributed by atoms with Gasteiger partial charge in [0, 0.05) is 12.1 Å². The molecule has 0 saturated heterocycles. The molecule has 0 unspecified atom stereocenters. The van der Waals surface area contributed by atoms with Crippen LogP contribution in [-0.2, 0) is 19.4 Å². The monoisotopic (exact) mass is 494 g/mol. The number of aryl methyl sites for hydroxylation is 1. The number of para-hydroxylation sites is 2. The van der Waals surface area contributed by atoms with Crippen LogP contribution >= 0.6 is 0 Å². The van der Waals surface area contributed by atoms with Gasteiger partial charge in [0.05, 0.1) is 30.1 Å². The normalized spacial score (nSPS) is 16.7. The molecule has 0 spiro atoms. The predicted molar refractivity (Wildman–Crippen MR) is 133 cm³/mol. The lowest BCUT2D eigenvalue weighted by Crippen LogP contribution is -2.38. The Balaban J connectivity index is 1.72. The van der Waals surface area contributed by atoms with Crippen molar-refractivity contribution in [2.45, 2.75) is 23.5 Å². The van der Waals surface area contributed by atoms with Gasteiger partial charge in [-0.05, 0) is 48.4 Å². The van der Waals surface area contributed by atoms with Gasteiger partial charge in [0.1, 0.15) is 6.54 Å². The van der Waals surface area contributed by atoms with E-state index in [1.807, 2.05) is 19.1 Å². The number of amides is 2. The summed E-state index contributed by atoms with van der Waals surface area (Å²) in [5.74, 6) is -0.0918. The summed E-state index contributed by atoms with van der Waals surface area (Å²) in [5.41, 5.74) is 2.08. The Hall–Kier alpha value is -3.85. The fraction of sp³-hybridized carbons (Fsp3) is 0.231. The first-order chi connectivity index (χ1) is 16.8. The molecule has 1 aliphatic heterocycles. The number of nitrogens with one attached hydrogen (secondary N) is 1. The fourth-order valence-corrected chi connectivity index (χ4v) is 6.07. The van der Waals surface area contributed by atoms with Crippen molar-refractivity contribution in [2.75, 3.05) is 31.0 Å². The molecule has 9 heteroatoms. The minimum atomic E-state index is -3.97. The summed E-state index contributed by atoms with van der Waals surface area (Å²) >= 11 is 0. The van der Waals surface area contributed by atoms with Gasteiger partial charge in [0.25, 0.3) is 0 Å². The number of ether oxygens (including phenoxy) is 2. The number of sulfone groups is 1. The van der Waals surface area contributed by atoms with Crippen LogP contribution in [0.5, 0.6) is 11.5 Å². The van der Waals surface area contributed by atoms with Gasteiger partial charge in [-0.2, -0.15) is 0 Å². The molecule has 8 nitrogen and oxygen atoms in total. The highest BCUT2D eigenvalue weighted by Crippen LogP contribution is 2.42. The molecule has 4 rings (SSSR count). The van der Waals surface area contributed by atoms with Gasteiger partial charge in [-0.1, -0.05) is 36.4 Å². The van der Waals surface area contributed by atoms with Crippen molar-refractivity contribution in [3.05, 3.63) is 77.9 Å². The molecule has 0 radical (unpaired) electrons. The average molecular weight is 495 g/mol. The molecule has 2 amide bonds. The lowest BCUT2D eigenvalue weighted by Gasteiger charge is -2.22. The molecule has 3 aromatic carbocycles. The van der Waals surface area contributed by atoms with Crippen LogP contribution in [0.4, 0.5) is 11.4 Å². The Morgan fingerprint density at radius 3 is 2.40 bits per heavy atom. The average Bonchev–Trinajstić information content (AvgIpc) is 2.93. The third kappa shape index (κ3) is 4.72. The number of rotatable bonds is 6. The van der Waals surface area contributed by atoms with E-state index in [9.17, 15) is 18.0 Å². The van der Waals surface area contributed by atoms with Crippen LogP contribution in [0.25, 0.3) is 0 Å². The van der Waals surface area contributed by atoms with E-state index in [1.54, 1.807) is 48.5 Å². The zero-order valence-electron chi connectivity index (χ0n) is 19.6. The lowest BCUT2D eigenvalue weighted by molar-refractivity contribution is -0.121. The number of fused-ring (bicyclic) bond motifs is 1. The van der Waals surface area contributed by atoms with E-state index in [2.05, 4.69) is 5.32 Å². The van der Waals surface area contributed by atoms with Gasteiger partial charge in [-0.25, -0.2) is 8.42 Å². The van der Waals surface area contributed by atoms with Gasteiger partial charge in [0.2, 0.25) is 11.8 Å². The zero-order chi connectivity index (χ0) is 25.2. The van der Waals surface area contributed by atoms with E-state index in [-0.39, 0.29) is 23.5 Å². The third-order valence-corrected chi connectivity index (χ3v) is 8.14. The van der Waals surface area contributed by atoms with Gasteiger partial charge in [-0.15, -0.1) is 0 Å². The summed E-state index contributed by atoms with van der Waals surface area (Å²) in [4.78, 5) is 27.5. The van der Waals surface area contributed by atoms with E-state index in [0.717, 1.165) is 5.56 Å². The van der Waals surface area contributed by atoms with Crippen molar-refractivity contribution < 1.29 is 27.5 Å². The van der Waals surface area contributed by atoms with Crippen molar-refractivity contribution in [3.63, 3.8) is 0 Å². The van der Waals surface area contributed by atoms with Gasteiger partial charge >= 0.3 is 0 Å². The van der Waals surface area contributed by atoms with Crippen molar-refractivity contribution in [2.24, 2.45) is 0 Å². The number of hydrogen-bond acceptors (Lipinski definition) is 6. The molecule has 0 aromatic heterocycles. The molecule has 3 aromatic rings. The van der Waals surface area contributed by atoms with Crippen LogP contribution in [0.15, 0.2) is 71.6 Å². The summed E-state index contributed by atoms with van der Waals surface area (Å²) < 4.78 is 38.1. The topological polar surface area (TPSA) is 102 Å². The Kier molecular flexibility index (Phi) is 6.79. The number of benzene rings is 3. The van der Waals surface area contributed by atoms with Crippen LogP contribution in [0.2, 0.25) is 0 Å². The van der Waals surface area contributed by atoms with Crippen molar-refractivity contribution >= 4 is 33.0 Å². The second-order valence-electron chi connectivity index (χ2n) is 8.16. The van der Waals surface area contributed by atoms with Crippen LogP contribution in [0.1, 0.15) is 22.8 Å². The standard InChI is InChI=1S/C26H26N2O6S/c1-17-8-4-5-9-19(17)27-25(29)16-28-20-10-6-7-11-23(20)35(31,32)24(15-26(28)30)18-12-13-21(33-2)22(14-18)34-3/h4-14,24H,15-16H2,1-3H3,(H,27,29)/t24-/m0/s1. The highest BCUT2D eigenvalue weighted by atomic mass is 32.2. The number of methoxy groups -OCH3 is 2. The Morgan fingerprint density at radius 2 is 1.69 bits per heavy atom. The third-order valence-electron chi connectivity index (χ3n) is 6.00. The SMILES string of the molecule is COc1ccc([C@@H]2CC(=O)N(CC(=O)Nc3ccccc3C)c3ccccc3S2(=O)=O)cc1OC. The van der Waals surface area contributed by atoms with Crippen LogP contribution in [0.3, 0.4) is 0 Å². The Morgan fingerprint density at radius 1 is 1.00 bits per heavy atom. The minimum absolute atomic E-state index is 0.00525.